The summed E-state index contributed by atoms with van der Waals surface area (Å²) < 4.78 is 9.44. The van der Waals surface area contributed by atoms with Crippen LogP contribution in [0, 0.1) is 0 Å². The first kappa shape index (κ1) is 37.2. The molecule has 2 aliphatic rings. The Labute approximate surface area is 374 Å². The fourth-order valence-corrected chi connectivity index (χ4v) is 11.8. The van der Waals surface area contributed by atoms with Crippen LogP contribution in [0.15, 0.2) is 199 Å². The first-order valence-electron chi connectivity index (χ1n) is 22.8. The highest BCUT2D eigenvalue weighted by atomic mass is 16.3. The van der Waals surface area contributed by atoms with Gasteiger partial charge in [0.05, 0.1) is 11.0 Å². The van der Waals surface area contributed by atoms with Gasteiger partial charge < -0.3 is 8.98 Å². The van der Waals surface area contributed by atoms with Crippen molar-refractivity contribution in [2.24, 2.45) is 0 Å². The van der Waals surface area contributed by atoms with Gasteiger partial charge >= 0.3 is 0 Å². The smallest absolute Gasteiger partial charge is 0.143 e. The van der Waals surface area contributed by atoms with Crippen LogP contribution in [0.1, 0.15) is 72.6 Å². The Morgan fingerprint density at radius 2 is 1.05 bits per heavy atom. The van der Waals surface area contributed by atoms with Crippen molar-refractivity contribution in [2.45, 2.75) is 50.9 Å². The van der Waals surface area contributed by atoms with E-state index in [-0.39, 0.29) is 16.7 Å². The summed E-state index contributed by atoms with van der Waals surface area (Å²) in [5.74, 6) is 0.0543. The molecule has 0 amide bonds. The Morgan fingerprint density at radius 1 is 0.453 bits per heavy atom. The molecule has 2 heterocycles. The van der Waals surface area contributed by atoms with Gasteiger partial charge in [0, 0.05) is 49.5 Å². The molecule has 0 radical (unpaired) electrons. The van der Waals surface area contributed by atoms with Crippen LogP contribution in [0.4, 0.5) is 0 Å². The molecule has 0 N–H and O–H groups in total. The molecular formula is C62H47NO. The van der Waals surface area contributed by atoms with Crippen molar-refractivity contribution in [3.8, 4) is 39.1 Å². The van der Waals surface area contributed by atoms with Crippen molar-refractivity contribution in [1.29, 1.82) is 0 Å². The lowest BCUT2D eigenvalue weighted by molar-refractivity contribution is 0.655. The lowest BCUT2D eigenvalue weighted by Crippen LogP contribution is -2.16. The molecule has 306 valence electrons. The fraction of sp³-hybridized carbons (Fsp3) is 0.129. The van der Waals surface area contributed by atoms with Crippen molar-refractivity contribution in [2.75, 3.05) is 0 Å². The van der Waals surface area contributed by atoms with E-state index < -0.39 is 0 Å². The van der Waals surface area contributed by atoms with E-state index >= 15 is 0 Å². The van der Waals surface area contributed by atoms with Gasteiger partial charge in [-0.25, -0.2) is 0 Å². The van der Waals surface area contributed by atoms with Crippen LogP contribution in [0.2, 0.25) is 0 Å². The monoisotopic (exact) mass is 821 g/mol. The molecule has 64 heavy (non-hydrogen) atoms. The number of para-hydroxylation sites is 3. The van der Waals surface area contributed by atoms with Crippen molar-refractivity contribution in [3.05, 3.63) is 233 Å². The van der Waals surface area contributed by atoms with Gasteiger partial charge in [0.1, 0.15) is 11.2 Å². The van der Waals surface area contributed by atoms with Crippen LogP contribution >= 0.6 is 0 Å². The van der Waals surface area contributed by atoms with Crippen molar-refractivity contribution < 1.29 is 4.42 Å². The minimum Gasteiger partial charge on any atom is -0.455 e. The zero-order valence-corrected chi connectivity index (χ0v) is 36.6. The SMILES string of the molecule is CC1(C)c2ccccc2-c2ccc(CC(c3ccc4c(c3)C(C)(C)c3ccccc3-4)c3ccc(-c4ccc5c(c4)c4ccccc4n5-c4ccccc4)c4oc5ccccc5c34)cc21. The van der Waals surface area contributed by atoms with E-state index in [2.05, 4.69) is 226 Å². The van der Waals surface area contributed by atoms with Gasteiger partial charge in [0.15, 0.2) is 0 Å². The van der Waals surface area contributed by atoms with Gasteiger partial charge in [-0.1, -0.05) is 185 Å². The van der Waals surface area contributed by atoms with Crippen LogP contribution < -0.4 is 0 Å². The van der Waals surface area contributed by atoms with E-state index in [1.165, 1.54) is 88.4 Å². The third-order valence-electron chi connectivity index (χ3n) is 15.0. The second-order valence-corrected chi connectivity index (χ2v) is 19.2. The maximum Gasteiger partial charge on any atom is 0.143 e. The predicted molar refractivity (Wildman–Crippen MR) is 267 cm³/mol. The lowest BCUT2D eigenvalue weighted by Gasteiger charge is -2.26. The Kier molecular flexibility index (Phi) is 7.86. The minimum atomic E-state index is -0.111. The zero-order valence-electron chi connectivity index (χ0n) is 36.6. The molecule has 9 aromatic carbocycles. The highest BCUT2D eigenvalue weighted by Crippen LogP contribution is 2.52. The standard InChI is InChI=1S/C62H47NO/c1-61(2)52-22-12-8-18-43(52)45-29-26-38(35-54(45)61)34-50(40-27-30-46-44-19-9-13-23-53(44)62(3,4)55(46)37-40)48-32-31-42(60-59(48)49-21-11-15-25-58(49)64-60)39-28-33-57-51(36-39)47-20-10-14-24-56(47)63(57)41-16-6-5-7-17-41/h5-33,35-37,50H,34H2,1-4H3. The molecule has 2 heteroatoms. The average molecular weight is 822 g/mol. The van der Waals surface area contributed by atoms with Gasteiger partial charge in [0.25, 0.3) is 0 Å². The highest BCUT2D eigenvalue weighted by molar-refractivity contribution is 6.14. The minimum absolute atomic E-state index is 0.0543. The number of hydrogen-bond acceptors (Lipinski definition) is 1. The van der Waals surface area contributed by atoms with Gasteiger partial charge in [-0.05, 0) is 110 Å². The molecule has 0 saturated carbocycles. The molecule has 0 spiro atoms. The van der Waals surface area contributed by atoms with Crippen molar-refractivity contribution in [1.82, 2.24) is 4.57 Å². The van der Waals surface area contributed by atoms with E-state index in [4.69, 9.17) is 4.42 Å². The van der Waals surface area contributed by atoms with Gasteiger partial charge in [-0.15, -0.1) is 0 Å². The Morgan fingerprint density at radius 3 is 1.81 bits per heavy atom. The van der Waals surface area contributed by atoms with Crippen LogP contribution in [-0.4, -0.2) is 4.57 Å². The summed E-state index contributed by atoms with van der Waals surface area (Å²) in [7, 11) is 0. The van der Waals surface area contributed by atoms with Crippen LogP contribution in [0.25, 0.3) is 82.8 Å². The molecule has 1 unspecified atom stereocenters. The number of fused-ring (bicyclic) bond motifs is 12. The molecule has 1 atom stereocenters. The Hall–Kier alpha value is -7.42. The second kappa shape index (κ2) is 13.5. The van der Waals surface area contributed by atoms with Crippen LogP contribution in [0.5, 0.6) is 0 Å². The van der Waals surface area contributed by atoms with E-state index in [9.17, 15) is 0 Å². The number of aromatic nitrogens is 1. The summed E-state index contributed by atoms with van der Waals surface area (Å²) in [6, 6.07) is 72.3. The lowest BCUT2D eigenvalue weighted by atomic mass is 9.77. The molecule has 0 saturated heterocycles. The third-order valence-corrected chi connectivity index (χ3v) is 15.0. The van der Waals surface area contributed by atoms with Crippen molar-refractivity contribution in [3.63, 3.8) is 0 Å². The average Bonchev–Trinajstić information content (AvgIpc) is 4.02. The molecule has 0 fully saturated rings. The quantitative estimate of drug-likeness (QED) is 0.163. The summed E-state index contributed by atoms with van der Waals surface area (Å²) in [6.45, 7) is 9.55. The number of hydrogen-bond donors (Lipinski definition) is 0. The first-order chi connectivity index (χ1) is 31.3. The van der Waals surface area contributed by atoms with Crippen LogP contribution in [0.3, 0.4) is 0 Å². The molecule has 0 bridgehead atoms. The summed E-state index contributed by atoms with van der Waals surface area (Å²) in [5, 5.41) is 4.82. The van der Waals surface area contributed by atoms with E-state index in [1.54, 1.807) is 0 Å². The molecule has 2 aliphatic carbocycles. The molecule has 13 rings (SSSR count). The zero-order chi connectivity index (χ0) is 42.9. The van der Waals surface area contributed by atoms with Gasteiger partial charge in [0.2, 0.25) is 0 Å². The summed E-state index contributed by atoms with van der Waals surface area (Å²) in [5.41, 5.74) is 22.5. The molecule has 2 nitrogen and oxygen atoms in total. The number of nitrogens with zero attached hydrogens (tertiary/aromatic N) is 1. The highest BCUT2D eigenvalue weighted by Gasteiger charge is 2.38. The largest absolute Gasteiger partial charge is 0.455 e. The molecule has 0 aliphatic heterocycles. The first-order valence-corrected chi connectivity index (χ1v) is 22.8. The van der Waals surface area contributed by atoms with Crippen molar-refractivity contribution >= 4 is 43.7 Å². The number of benzene rings is 9. The van der Waals surface area contributed by atoms with E-state index in [0.717, 1.165) is 39.8 Å². The van der Waals surface area contributed by atoms with Gasteiger partial charge in [-0.3, -0.25) is 0 Å². The number of rotatable bonds is 6. The predicted octanol–water partition coefficient (Wildman–Crippen LogP) is 16.3. The van der Waals surface area contributed by atoms with Crippen LogP contribution in [-0.2, 0) is 17.3 Å². The maximum absolute atomic E-state index is 7.06. The summed E-state index contributed by atoms with van der Waals surface area (Å²) >= 11 is 0. The fourth-order valence-electron chi connectivity index (χ4n) is 11.8. The normalized spacial score (nSPS) is 14.8. The maximum atomic E-state index is 7.06. The summed E-state index contributed by atoms with van der Waals surface area (Å²) in [6.07, 6.45) is 0.852. The molecular weight excluding hydrogens is 775 g/mol. The van der Waals surface area contributed by atoms with E-state index in [1.807, 2.05) is 0 Å². The Balaban J connectivity index is 1.02. The van der Waals surface area contributed by atoms with Gasteiger partial charge in [-0.2, -0.15) is 0 Å². The Bertz CT molecular complexity index is 3710. The third kappa shape index (κ3) is 5.26. The van der Waals surface area contributed by atoms with E-state index in [0.29, 0.717) is 0 Å². The molecule has 2 aromatic heterocycles. The summed E-state index contributed by atoms with van der Waals surface area (Å²) in [4.78, 5) is 0. The number of furan rings is 1. The topological polar surface area (TPSA) is 18.1 Å². The second-order valence-electron chi connectivity index (χ2n) is 19.2. The molecule has 11 aromatic rings.